The molecule has 0 atom stereocenters. The Morgan fingerprint density at radius 3 is 2.71 bits per heavy atom. The number of benzene rings is 2. The van der Waals surface area contributed by atoms with Crippen LogP contribution in [0.4, 0.5) is 10.1 Å². The molecule has 21 heavy (non-hydrogen) atoms. The Kier molecular flexibility index (Phi) is 3.31. The SMILES string of the molecule is Cc1ccc(-n2nnnc2-c2ccc(N)c(Cl)c2)cc1F. The van der Waals surface area contributed by atoms with Crippen molar-refractivity contribution in [2.45, 2.75) is 6.92 Å². The van der Waals surface area contributed by atoms with Gasteiger partial charge in [0.15, 0.2) is 5.82 Å². The van der Waals surface area contributed by atoms with Gasteiger partial charge < -0.3 is 5.73 Å². The lowest BCUT2D eigenvalue weighted by Crippen LogP contribution is -2.01. The summed E-state index contributed by atoms with van der Waals surface area (Å²) in [6, 6.07) is 9.90. The van der Waals surface area contributed by atoms with E-state index in [0.717, 1.165) is 0 Å². The average Bonchev–Trinajstić information content (AvgIpc) is 2.94. The lowest BCUT2D eigenvalue weighted by molar-refractivity contribution is 0.615. The Morgan fingerprint density at radius 2 is 2.00 bits per heavy atom. The summed E-state index contributed by atoms with van der Waals surface area (Å²) in [5, 5.41) is 11.9. The fourth-order valence-corrected chi connectivity index (χ4v) is 2.10. The molecule has 0 aliphatic rings. The number of halogens is 2. The second-order valence-corrected chi connectivity index (χ2v) is 4.99. The maximum Gasteiger partial charge on any atom is 0.187 e. The maximum absolute atomic E-state index is 13.7. The fourth-order valence-electron chi connectivity index (χ4n) is 1.92. The molecule has 0 radical (unpaired) electrons. The molecule has 0 aliphatic carbocycles. The van der Waals surface area contributed by atoms with Crippen LogP contribution in [-0.2, 0) is 0 Å². The first kappa shape index (κ1) is 13.5. The molecule has 2 aromatic carbocycles. The molecular weight excluding hydrogens is 293 g/mol. The van der Waals surface area contributed by atoms with Crippen LogP contribution in [-0.4, -0.2) is 20.2 Å². The molecule has 1 heterocycles. The topological polar surface area (TPSA) is 69.6 Å². The van der Waals surface area contributed by atoms with E-state index < -0.39 is 0 Å². The number of aryl methyl sites for hydroxylation is 1. The zero-order valence-electron chi connectivity index (χ0n) is 11.1. The number of nitrogens with two attached hydrogens (primary N) is 1. The summed E-state index contributed by atoms with van der Waals surface area (Å²) in [6.07, 6.45) is 0. The van der Waals surface area contributed by atoms with E-state index in [9.17, 15) is 4.39 Å². The van der Waals surface area contributed by atoms with Crippen molar-refractivity contribution < 1.29 is 4.39 Å². The molecule has 0 spiro atoms. The highest BCUT2D eigenvalue weighted by Crippen LogP contribution is 2.26. The number of tetrazole rings is 1. The molecule has 0 amide bonds. The Balaban J connectivity index is 2.12. The number of nitrogens with zero attached hydrogens (tertiary/aromatic N) is 4. The molecule has 0 unspecified atom stereocenters. The van der Waals surface area contributed by atoms with Gasteiger partial charge in [0.25, 0.3) is 0 Å². The van der Waals surface area contributed by atoms with Crippen LogP contribution < -0.4 is 5.73 Å². The Bertz CT molecular complexity index is 749. The standard InChI is InChI=1S/C14H11ClFN5/c1-8-2-4-10(7-12(8)16)21-14(18-19-20-21)9-3-5-13(17)11(15)6-9/h2-7H,17H2,1H3. The van der Waals surface area contributed by atoms with E-state index in [-0.39, 0.29) is 5.82 Å². The van der Waals surface area contributed by atoms with Gasteiger partial charge in [0.1, 0.15) is 5.82 Å². The maximum atomic E-state index is 13.7. The zero-order chi connectivity index (χ0) is 15.0. The van der Waals surface area contributed by atoms with Crippen LogP contribution in [0.1, 0.15) is 5.56 Å². The number of rotatable bonds is 2. The third kappa shape index (κ3) is 2.45. The summed E-state index contributed by atoms with van der Waals surface area (Å²) in [5.41, 5.74) is 7.95. The van der Waals surface area contributed by atoms with Crippen LogP contribution in [0.3, 0.4) is 0 Å². The van der Waals surface area contributed by atoms with E-state index in [4.69, 9.17) is 17.3 Å². The van der Waals surface area contributed by atoms with Crippen LogP contribution in [0.5, 0.6) is 0 Å². The van der Waals surface area contributed by atoms with Crippen LogP contribution >= 0.6 is 11.6 Å². The summed E-state index contributed by atoms with van der Waals surface area (Å²) >= 11 is 6.01. The second kappa shape index (κ2) is 5.14. The van der Waals surface area contributed by atoms with Crippen LogP contribution in [0.15, 0.2) is 36.4 Å². The van der Waals surface area contributed by atoms with Crippen LogP contribution in [0.2, 0.25) is 5.02 Å². The van der Waals surface area contributed by atoms with Gasteiger partial charge in [0.05, 0.1) is 16.4 Å². The van der Waals surface area contributed by atoms with Gasteiger partial charge in [-0.15, -0.1) is 5.10 Å². The van der Waals surface area contributed by atoms with E-state index in [1.54, 1.807) is 37.3 Å². The predicted molar refractivity (Wildman–Crippen MR) is 78.7 cm³/mol. The van der Waals surface area contributed by atoms with Gasteiger partial charge in [-0.25, -0.2) is 4.39 Å². The van der Waals surface area contributed by atoms with Gasteiger partial charge in [-0.2, -0.15) is 4.68 Å². The predicted octanol–water partition coefficient (Wildman–Crippen LogP) is 3.01. The minimum Gasteiger partial charge on any atom is -0.398 e. The highest BCUT2D eigenvalue weighted by Gasteiger charge is 2.13. The number of aromatic nitrogens is 4. The lowest BCUT2D eigenvalue weighted by Gasteiger charge is -2.07. The normalized spacial score (nSPS) is 10.8. The molecule has 1 aromatic heterocycles. The molecular formula is C14H11ClFN5. The molecule has 106 valence electrons. The van der Waals surface area contributed by atoms with Crippen molar-refractivity contribution in [3.05, 3.63) is 52.8 Å². The first-order valence-corrected chi connectivity index (χ1v) is 6.54. The van der Waals surface area contributed by atoms with Crippen molar-refractivity contribution in [3.8, 4) is 17.1 Å². The first-order chi connectivity index (χ1) is 10.1. The van der Waals surface area contributed by atoms with Gasteiger partial charge >= 0.3 is 0 Å². The van der Waals surface area contributed by atoms with Crippen molar-refractivity contribution in [2.75, 3.05) is 5.73 Å². The lowest BCUT2D eigenvalue weighted by atomic mass is 10.2. The molecule has 3 rings (SSSR count). The summed E-state index contributed by atoms with van der Waals surface area (Å²) < 4.78 is 15.2. The monoisotopic (exact) mass is 303 g/mol. The number of anilines is 1. The smallest absolute Gasteiger partial charge is 0.187 e. The Labute approximate surface area is 125 Å². The van der Waals surface area contributed by atoms with Crippen molar-refractivity contribution in [2.24, 2.45) is 0 Å². The number of nitrogen functional groups attached to an aromatic ring is 1. The molecule has 0 bridgehead atoms. The summed E-state index contributed by atoms with van der Waals surface area (Å²) in [6.45, 7) is 1.69. The van der Waals surface area contributed by atoms with Crippen molar-refractivity contribution in [1.29, 1.82) is 0 Å². The third-order valence-corrected chi connectivity index (χ3v) is 3.46. The van der Waals surface area contributed by atoms with Gasteiger partial charge in [0.2, 0.25) is 0 Å². The number of hydrogen-bond acceptors (Lipinski definition) is 4. The van der Waals surface area contributed by atoms with Crippen molar-refractivity contribution >= 4 is 17.3 Å². The van der Waals surface area contributed by atoms with E-state index in [2.05, 4.69) is 15.5 Å². The van der Waals surface area contributed by atoms with E-state index in [1.165, 1.54) is 10.7 Å². The fraction of sp³-hybridized carbons (Fsp3) is 0.0714. The second-order valence-electron chi connectivity index (χ2n) is 4.58. The molecule has 2 N–H and O–H groups in total. The highest BCUT2D eigenvalue weighted by atomic mass is 35.5. The zero-order valence-corrected chi connectivity index (χ0v) is 11.8. The van der Waals surface area contributed by atoms with Gasteiger partial charge in [0, 0.05) is 5.56 Å². The summed E-state index contributed by atoms with van der Waals surface area (Å²) in [7, 11) is 0. The molecule has 0 saturated heterocycles. The average molecular weight is 304 g/mol. The third-order valence-electron chi connectivity index (χ3n) is 3.13. The Hall–Kier alpha value is -2.47. The molecule has 0 aliphatic heterocycles. The van der Waals surface area contributed by atoms with Gasteiger partial charge in [-0.05, 0) is 53.2 Å². The minimum atomic E-state index is -0.315. The highest BCUT2D eigenvalue weighted by molar-refractivity contribution is 6.33. The largest absolute Gasteiger partial charge is 0.398 e. The minimum absolute atomic E-state index is 0.315. The molecule has 7 heteroatoms. The molecule has 0 saturated carbocycles. The summed E-state index contributed by atoms with van der Waals surface area (Å²) in [4.78, 5) is 0. The quantitative estimate of drug-likeness (QED) is 0.739. The van der Waals surface area contributed by atoms with Crippen molar-refractivity contribution in [1.82, 2.24) is 20.2 Å². The van der Waals surface area contributed by atoms with Crippen molar-refractivity contribution in [3.63, 3.8) is 0 Å². The van der Waals surface area contributed by atoms with Gasteiger partial charge in [-0.3, -0.25) is 0 Å². The van der Waals surface area contributed by atoms with E-state index in [0.29, 0.717) is 33.3 Å². The molecule has 5 nitrogen and oxygen atoms in total. The van der Waals surface area contributed by atoms with E-state index in [1.807, 2.05) is 0 Å². The first-order valence-electron chi connectivity index (χ1n) is 6.16. The van der Waals surface area contributed by atoms with Crippen LogP contribution in [0, 0.1) is 12.7 Å². The van der Waals surface area contributed by atoms with E-state index >= 15 is 0 Å². The van der Waals surface area contributed by atoms with Crippen LogP contribution in [0.25, 0.3) is 17.1 Å². The molecule has 3 aromatic rings. The Morgan fingerprint density at radius 1 is 1.19 bits per heavy atom. The van der Waals surface area contributed by atoms with Gasteiger partial charge in [-0.1, -0.05) is 17.7 Å². The summed E-state index contributed by atoms with van der Waals surface area (Å²) in [5.74, 6) is 0.143. The molecule has 0 fully saturated rings. The number of hydrogen-bond donors (Lipinski definition) is 1.